The van der Waals surface area contributed by atoms with E-state index < -0.39 is 0 Å². The summed E-state index contributed by atoms with van der Waals surface area (Å²) in [5.74, 6) is 1.35. The largest absolute Gasteiger partial charge is 0.496 e. The van der Waals surface area contributed by atoms with Gasteiger partial charge in [0.05, 0.1) is 17.9 Å². The average Bonchev–Trinajstić information content (AvgIpc) is 3.15. The Bertz CT molecular complexity index is 1010. The molecule has 30 heavy (non-hydrogen) atoms. The molecule has 0 aliphatic rings. The lowest BCUT2D eigenvalue weighted by Crippen LogP contribution is -2.30. The van der Waals surface area contributed by atoms with Crippen LogP contribution in [0.15, 0.2) is 66.3 Å². The van der Waals surface area contributed by atoms with Gasteiger partial charge >= 0.3 is 0 Å². The predicted molar refractivity (Wildman–Crippen MR) is 121 cm³/mol. The van der Waals surface area contributed by atoms with E-state index in [4.69, 9.17) is 4.74 Å². The number of nitrogens with zero attached hydrogens (tertiary/aromatic N) is 3. The Hall–Kier alpha value is -3.06. The molecule has 1 unspecified atom stereocenters. The first-order valence-electron chi connectivity index (χ1n) is 9.71. The zero-order valence-corrected chi connectivity index (χ0v) is 18.3. The van der Waals surface area contributed by atoms with Gasteiger partial charge in [-0.1, -0.05) is 59.8 Å². The third-order valence-electron chi connectivity index (χ3n) is 4.62. The molecule has 0 radical (unpaired) electrons. The minimum Gasteiger partial charge on any atom is -0.496 e. The van der Waals surface area contributed by atoms with Gasteiger partial charge in [0.1, 0.15) is 5.75 Å². The smallest absolute Gasteiger partial charge is 0.233 e. The van der Waals surface area contributed by atoms with Crippen LogP contribution in [0.2, 0.25) is 0 Å². The van der Waals surface area contributed by atoms with E-state index in [-0.39, 0.29) is 11.2 Å². The second-order valence-electron chi connectivity index (χ2n) is 6.87. The highest BCUT2D eigenvalue weighted by Crippen LogP contribution is 2.32. The van der Waals surface area contributed by atoms with Crippen molar-refractivity contribution >= 4 is 17.7 Å². The number of amides is 1. The Morgan fingerprint density at radius 1 is 1.23 bits per heavy atom. The van der Waals surface area contributed by atoms with Crippen LogP contribution in [0.25, 0.3) is 11.4 Å². The van der Waals surface area contributed by atoms with Crippen molar-refractivity contribution in [2.45, 2.75) is 37.3 Å². The van der Waals surface area contributed by atoms with Crippen LogP contribution < -0.4 is 10.1 Å². The number of para-hydroxylation sites is 1. The summed E-state index contributed by atoms with van der Waals surface area (Å²) in [5.41, 5.74) is 3.11. The standard InChI is InChI=1S/C23H26N4O2S/c1-5-14-27-21(19-8-6-7-9-20(19)29-4)25-26-23(27)30-17(3)22(28)24-15-18-12-10-16(2)11-13-18/h5-13,17H,1,14-15H2,2-4H3,(H,24,28). The maximum absolute atomic E-state index is 12.6. The fraction of sp³-hybridized carbons (Fsp3) is 0.261. The van der Waals surface area contributed by atoms with Crippen molar-refractivity contribution in [1.29, 1.82) is 0 Å². The number of nitrogens with one attached hydrogen (secondary N) is 1. The lowest BCUT2D eigenvalue weighted by Gasteiger charge is -2.14. The zero-order chi connectivity index (χ0) is 21.5. The summed E-state index contributed by atoms with van der Waals surface area (Å²) < 4.78 is 7.41. The fourth-order valence-corrected chi connectivity index (χ4v) is 3.83. The molecule has 3 rings (SSSR count). The highest BCUT2D eigenvalue weighted by Gasteiger charge is 2.21. The first-order valence-corrected chi connectivity index (χ1v) is 10.6. The minimum atomic E-state index is -0.325. The van der Waals surface area contributed by atoms with Crippen LogP contribution in [0.3, 0.4) is 0 Å². The van der Waals surface area contributed by atoms with Gasteiger partial charge in [-0.3, -0.25) is 9.36 Å². The normalized spacial score (nSPS) is 11.7. The second-order valence-corrected chi connectivity index (χ2v) is 8.18. The van der Waals surface area contributed by atoms with Crippen molar-refractivity contribution in [2.75, 3.05) is 7.11 Å². The van der Waals surface area contributed by atoms with Crippen LogP contribution in [-0.2, 0) is 17.9 Å². The maximum atomic E-state index is 12.6. The van der Waals surface area contributed by atoms with Crippen LogP contribution in [0.5, 0.6) is 5.75 Å². The number of hydrogen-bond acceptors (Lipinski definition) is 5. The number of thioether (sulfide) groups is 1. The van der Waals surface area contributed by atoms with Crippen LogP contribution in [0.4, 0.5) is 0 Å². The quantitative estimate of drug-likeness (QED) is 0.412. The van der Waals surface area contributed by atoms with Crippen molar-refractivity contribution in [3.63, 3.8) is 0 Å². The van der Waals surface area contributed by atoms with Crippen molar-refractivity contribution in [1.82, 2.24) is 20.1 Å². The van der Waals surface area contributed by atoms with E-state index in [0.29, 0.717) is 24.1 Å². The van der Waals surface area contributed by atoms with Crippen molar-refractivity contribution in [2.24, 2.45) is 0 Å². The molecule has 0 saturated carbocycles. The number of carbonyl (C=O) groups is 1. The number of carbonyl (C=O) groups excluding carboxylic acids is 1. The van der Waals surface area contributed by atoms with Crippen molar-refractivity contribution in [3.8, 4) is 17.1 Å². The SMILES string of the molecule is C=CCn1c(SC(C)C(=O)NCc2ccc(C)cc2)nnc1-c1ccccc1OC. The number of hydrogen-bond donors (Lipinski definition) is 1. The fourth-order valence-electron chi connectivity index (χ4n) is 2.95. The van der Waals surface area contributed by atoms with E-state index in [1.54, 1.807) is 13.2 Å². The number of allylic oxidation sites excluding steroid dienone is 1. The Morgan fingerprint density at radius 2 is 1.97 bits per heavy atom. The number of aromatic nitrogens is 3. The number of aryl methyl sites for hydroxylation is 1. The van der Waals surface area contributed by atoms with Crippen LogP contribution in [0.1, 0.15) is 18.1 Å². The van der Waals surface area contributed by atoms with E-state index in [0.717, 1.165) is 16.9 Å². The monoisotopic (exact) mass is 422 g/mol. The molecule has 0 fully saturated rings. The number of methoxy groups -OCH3 is 1. The van der Waals surface area contributed by atoms with Gasteiger partial charge in [-0.05, 0) is 31.5 Å². The molecular weight excluding hydrogens is 396 g/mol. The molecule has 1 N–H and O–H groups in total. The Morgan fingerprint density at radius 3 is 2.67 bits per heavy atom. The van der Waals surface area contributed by atoms with Gasteiger partial charge in [-0.2, -0.15) is 0 Å². The van der Waals surface area contributed by atoms with E-state index in [2.05, 4.69) is 22.1 Å². The molecular formula is C23H26N4O2S. The molecule has 6 nitrogen and oxygen atoms in total. The summed E-state index contributed by atoms with van der Waals surface area (Å²) in [6.45, 7) is 8.77. The molecule has 156 valence electrons. The molecule has 1 aromatic heterocycles. The lowest BCUT2D eigenvalue weighted by atomic mass is 10.1. The van der Waals surface area contributed by atoms with Gasteiger partial charge in [-0.15, -0.1) is 16.8 Å². The first kappa shape index (κ1) is 21.6. The summed E-state index contributed by atoms with van der Waals surface area (Å²) in [4.78, 5) is 12.6. The van der Waals surface area contributed by atoms with Gasteiger partial charge in [0.15, 0.2) is 11.0 Å². The van der Waals surface area contributed by atoms with E-state index in [9.17, 15) is 4.79 Å². The number of ether oxygens (including phenoxy) is 1. The number of rotatable bonds is 9. The van der Waals surface area contributed by atoms with E-state index >= 15 is 0 Å². The molecule has 0 spiro atoms. The summed E-state index contributed by atoms with van der Waals surface area (Å²) in [5, 5.41) is 12.0. The highest BCUT2D eigenvalue weighted by atomic mass is 32.2. The van der Waals surface area contributed by atoms with Gasteiger partial charge in [0, 0.05) is 13.1 Å². The molecule has 1 amide bonds. The van der Waals surface area contributed by atoms with Crippen LogP contribution in [0, 0.1) is 6.92 Å². The maximum Gasteiger partial charge on any atom is 0.233 e. The highest BCUT2D eigenvalue weighted by molar-refractivity contribution is 8.00. The molecule has 1 atom stereocenters. The van der Waals surface area contributed by atoms with Gasteiger partial charge in [0.2, 0.25) is 5.91 Å². The van der Waals surface area contributed by atoms with E-state index in [1.807, 2.05) is 66.9 Å². The Kier molecular flexibility index (Phi) is 7.30. The molecule has 2 aromatic carbocycles. The minimum absolute atomic E-state index is 0.0485. The van der Waals surface area contributed by atoms with Crippen LogP contribution in [-0.4, -0.2) is 33.0 Å². The summed E-state index contributed by atoms with van der Waals surface area (Å²) in [6.07, 6.45) is 1.79. The predicted octanol–water partition coefficient (Wildman–Crippen LogP) is 4.25. The summed E-state index contributed by atoms with van der Waals surface area (Å²) >= 11 is 1.37. The van der Waals surface area contributed by atoms with Gasteiger partial charge < -0.3 is 10.1 Å². The Balaban J connectivity index is 1.73. The topological polar surface area (TPSA) is 69.0 Å². The zero-order valence-electron chi connectivity index (χ0n) is 17.5. The van der Waals surface area contributed by atoms with Gasteiger partial charge in [-0.25, -0.2) is 0 Å². The third kappa shape index (κ3) is 5.10. The summed E-state index contributed by atoms with van der Waals surface area (Å²) in [6, 6.07) is 15.8. The lowest BCUT2D eigenvalue weighted by molar-refractivity contribution is -0.120. The molecule has 0 aliphatic heterocycles. The molecule has 7 heteroatoms. The summed E-state index contributed by atoms with van der Waals surface area (Å²) in [7, 11) is 1.63. The van der Waals surface area contributed by atoms with Gasteiger partial charge in [0.25, 0.3) is 0 Å². The first-order chi connectivity index (χ1) is 14.5. The van der Waals surface area contributed by atoms with Crippen LogP contribution >= 0.6 is 11.8 Å². The van der Waals surface area contributed by atoms with E-state index in [1.165, 1.54) is 17.3 Å². The molecule has 0 saturated heterocycles. The molecule has 0 bridgehead atoms. The molecule has 1 heterocycles. The molecule has 3 aromatic rings. The molecule has 0 aliphatic carbocycles. The number of benzene rings is 2. The Labute approximate surface area is 181 Å². The second kappa shape index (κ2) is 10.1. The van der Waals surface area contributed by atoms with Crippen molar-refractivity contribution in [3.05, 3.63) is 72.3 Å². The average molecular weight is 423 g/mol. The van der Waals surface area contributed by atoms with Crippen molar-refractivity contribution < 1.29 is 9.53 Å². The third-order valence-corrected chi connectivity index (χ3v) is 5.70.